The zero-order chi connectivity index (χ0) is 15.4. The van der Waals surface area contributed by atoms with Gasteiger partial charge in [-0.2, -0.15) is 0 Å². The zero-order valence-corrected chi connectivity index (χ0v) is 13.0. The summed E-state index contributed by atoms with van der Waals surface area (Å²) in [7, 11) is 0. The van der Waals surface area contributed by atoms with E-state index < -0.39 is 0 Å². The molecule has 0 spiro atoms. The fourth-order valence-corrected chi connectivity index (χ4v) is 3.39. The van der Waals surface area contributed by atoms with E-state index in [-0.39, 0.29) is 23.8 Å². The van der Waals surface area contributed by atoms with Gasteiger partial charge in [0.2, 0.25) is 11.8 Å². The molecule has 120 valence electrons. The van der Waals surface area contributed by atoms with E-state index in [0.29, 0.717) is 19.0 Å². The highest BCUT2D eigenvalue weighted by Gasteiger charge is 2.29. The molecule has 6 nitrogen and oxygen atoms in total. The topological polar surface area (TPSA) is 92.7 Å². The van der Waals surface area contributed by atoms with E-state index >= 15 is 0 Å². The minimum Gasteiger partial charge on any atom is -0.369 e. The molecule has 0 aromatic heterocycles. The van der Waals surface area contributed by atoms with Crippen LogP contribution in [0.15, 0.2) is 0 Å². The first-order valence-corrected chi connectivity index (χ1v) is 8.02. The van der Waals surface area contributed by atoms with E-state index in [1.807, 2.05) is 6.92 Å². The van der Waals surface area contributed by atoms with Crippen molar-refractivity contribution in [2.45, 2.75) is 38.6 Å². The second-order valence-corrected chi connectivity index (χ2v) is 6.58. The van der Waals surface area contributed by atoms with Crippen molar-refractivity contribution in [3.8, 4) is 0 Å². The van der Waals surface area contributed by atoms with Crippen LogP contribution in [-0.2, 0) is 9.59 Å². The zero-order valence-electron chi connectivity index (χ0n) is 13.0. The molecular weight excluding hydrogens is 268 g/mol. The highest BCUT2D eigenvalue weighted by Crippen LogP contribution is 2.20. The van der Waals surface area contributed by atoms with Crippen LogP contribution in [-0.4, -0.2) is 60.4 Å². The maximum Gasteiger partial charge on any atom is 0.236 e. The van der Waals surface area contributed by atoms with E-state index in [9.17, 15) is 9.59 Å². The summed E-state index contributed by atoms with van der Waals surface area (Å²) in [6.07, 6.45) is 3.91. The first-order valence-electron chi connectivity index (χ1n) is 8.02. The van der Waals surface area contributed by atoms with Gasteiger partial charge in [0.25, 0.3) is 0 Å². The Labute approximate surface area is 126 Å². The number of amides is 2. The molecular formula is C15H28N4O2. The standard InChI is InChI=1S/C15H28N4O2/c1-11(16)12-4-2-6-18(8-12)10-14(20)19-7-3-5-13(9-19)15(17)21/h11-13H,2-10,16H2,1H3,(H2,17,21). The smallest absolute Gasteiger partial charge is 0.236 e. The van der Waals surface area contributed by atoms with Crippen molar-refractivity contribution in [3.63, 3.8) is 0 Å². The first kappa shape index (κ1) is 16.2. The number of rotatable bonds is 4. The third kappa shape index (κ3) is 4.41. The molecule has 0 bridgehead atoms. The Balaban J connectivity index is 1.84. The number of piperidine rings is 2. The lowest BCUT2D eigenvalue weighted by Crippen LogP contribution is -2.50. The normalized spacial score (nSPS) is 29.1. The van der Waals surface area contributed by atoms with E-state index in [2.05, 4.69) is 4.90 Å². The Morgan fingerprint density at radius 3 is 2.57 bits per heavy atom. The lowest BCUT2D eigenvalue weighted by molar-refractivity contribution is -0.136. The molecule has 0 saturated carbocycles. The predicted octanol–water partition coefficient (Wildman–Crippen LogP) is -0.230. The number of likely N-dealkylation sites (tertiary alicyclic amines) is 2. The summed E-state index contributed by atoms with van der Waals surface area (Å²) in [6.45, 7) is 5.57. The highest BCUT2D eigenvalue weighted by atomic mass is 16.2. The number of carbonyl (C=O) groups is 2. The maximum atomic E-state index is 12.4. The summed E-state index contributed by atoms with van der Waals surface area (Å²) in [5, 5.41) is 0. The fraction of sp³-hybridized carbons (Fsp3) is 0.867. The molecule has 2 saturated heterocycles. The van der Waals surface area contributed by atoms with E-state index in [0.717, 1.165) is 45.3 Å². The summed E-state index contributed by atoms with van der Waals surface area (Å²) in [5.74, 6) is 0.126. The van der Waals surface area contributed by atoms with Crippen LogP contribution in [0, 0.1) is 11.8 Å². The van der Waals surface area contributed by atoms with Gasteiger partial charge in [0.15, 0.2) is 0 Å². The third-order valence-corrected chi connectivity index (χ3v) is 4.82. The average Bonchev–Trinajstić information content (AvgIpc) is 2.47. The summed E-state index contributed by atoms with van der Waals surface area (Å²) in [6, 6.07) is 0.178. The fourth-order valence-electron chi connectivity index (χ4n) is 3.39. The van der Waals surface area contributed by atoms with Gasteiger partial charge in [-0.25, -0.2) is 0 Å². The summed E-state index contributed by atoms with van der Waals surface area (Å²) < 4.78 is 0. The highest BCUT2D eigenvalue weighted by molar-refractivity contribution is 5.81. The summed E-state index contributed by atoms with van der Waals surface area (Å²) >= 11 is 0. The predicted molar refractivity (Wildman–Crippen MR) is 81.3 cm³/mol. The van der Waals surface area contributed by atoms with Gasteiger partial charge >= 0.3 is 0 Å². The number of carbonyl (C=O) groups excluding carboxylic acids is 2. The average molecular weight is 296 g/mol. The molecule has 3 atom stereocenters. The van der Waals surface area contributed by atoms with Gasteiger partial charge in [-0.1, -0.05) is 0 Å². The Bertz CT molecular complexity index is 386. The van der Waals surface area contributed by atoms with Crippen molar-refractivity contribution in [1.29, 1.82) is 0 Å². The van der Waals surface area contributed by atoms with Crippen molar-refractivity contribution in [1.82, 2.24) is 9.80 Å². The number of hydrogen-bond acceptors (Lipinski definition) is 4. The lowest BCUT2D eigenvalue weighted by atomic mass is 9.92. The van der Waals surface area contributed by atoms with Crippen LogP contribution in [0.25, 0.3) is 0 Å². The molecule has 2 rings (SSSR count). The molecule has 2 aliphatic rings. The van der Waals surface area contributed by atoms with Crippen LogP contribution in [0.2, 0.25) is 0 Å². The first-order chi connectivity index (χ1) is 9.97. The number of hydrogen-bond donors (Lipinski definition) is 2. The molecule has 3 unspecified atom stereocenters. The Hall–Kier alpha value is -1.14. The van der Waals surface area contributed by atoms with Crippen LogP contribution in [0.5, 0.6) is 0 Å². The van der Waals surface area contributed by atoms with Gasteiger partial charge in [0, 0.05) is 25.7 Å². The van der Waals surface area contributed by atoms with Gasteiger partial charge in [0.1, 0.15) is 0 Å². The minimum atomic E-state index is -0.289. The second kappa shape index (κ2) is 7.22. The second-order valence-electron chi connectivity index (χ2n) is 6.58. The maximum absolute atomic E-state index is 12.4. The SMILES string of the molecule is CC(N)C1CCCN(CC(=O)N2CCCC(C(N)=O)C2)C1. The van der Waals surface area contributed by atoms with E-state index in [1.165, 1.54) is 0 Å². The van der Waals surface area contributed by atoms with Crippen LogP contribution in [0.3, 0.4) is 0 Å². The summed E-state index contributed by atoms with van der Waals surface area (Å²) in [4.78, 5) is 27.7. The van der Waals surface area contributed by atoms with Gasteiger partial charge in [-0.05, 0) is 45.1 Å². The molecule has 2 aliphatic heterocycles. The van der Waals surface area contributed by atoms with Gasteiger partial charge in [0.05, 0.1) is 12.5 Å². The van der Waals surface area contributed by atoms with E-state index in [1.54, 1.807) is 4.90 Å². The molecule has 0 aromatic carbocycles. The van der Waals surface area contributed by atoms with Crippen molar-refractivity contribution in [2.24, 2.45) is 23.3 Å². The largest absolute Gasteiger partial charge is 0.369 e. The quantitative estimate of drug-likeness (QED) is 0.749. The van der Waals surface area contributed by atoms with Gasteiger partial charge in [-0.3, -0.25) is 14.5 Å². The van der Waals surface area contributed by atoms with E-state index in [4.69, 9.17) is 11.5 Å². The number of nitrogens with two attached hydrogens (primary N) is 2. The molecule has 2 amide bonds. The molecule has 0 radical (unpaired) electrons. The van der Waals surface area contributed by atoms with Crippen molar-refractivity contribution in [3.05, 3.63) is 0 Å². The molecule has 0 aliphatic carbocycles. The Morgan fingerprint density at radius 1 is 1.19 bits per heavy atom. The molecule has 2 fully saturated rings. The number of nitrogens with zero attached hydrogens (tertiary/aromatic N) is 2. The molecule has 21 heavy (non-hydrogen) atoms. The van der Waals surface area contributed by atoms with Crippen molar-refractivity contribution in [2.75, 3.05) is 32.7 Å². The van der Waals surface area contributed by atoms with Gasteiger partial charge < -0.3 is 16.4 Å². The van der Waals surface area contributed by atoms with Crippen LogP contribution >= 0.6 is 0 Å². The minimum absolute atomic E-state index is 0.117. The van der Waals surface area contributed by atoms with Crippen molar-refractivity contribution < 1.29 is 9.59 Å². The number of primary amides is 1. The lowest BCUT2D eigenvalue weighted by Gasteiger charge is -2.37. The van der Waals surface area contributed by atoms with Crippen LogP contribution in [0.1, 0.15) is 32.6 Å². The summed E-state index contributed by atoms with van der Waals surface area (Å²) in [5.41, 5.74) is 11.3. The van der Waals surface area contributed by atoms with Gasteiger partial charge in [-0.15, -0.1) is 0 Å². The van der Waals surface area contributed by atoms with Crippen LogP contribution < -0.4 is 11.5 Å². The Morgan fingerprint density at radius 2 is 1.90 bits per heavy atom. The monoisotopic (exact) mass is 296 g/mol. The molecule has 4 N–H and O–H groups in total. The Kier molecular flexibility index (Phi) is 5.58. The molecule has 0 aromatic rings. The third-order valence-electron chi connectivity index (χ3n) is 4.82. The molecule has 6 heteroatoms. The van der Waals surface area contributed by atoms with Crippen LogP contribution in [0.4, 0.5) is 0 Å². The van der Waals surface area contributed by atoms with Crippen molar-refractivity contribution >= 4 is 11.8 Å². The molecule has 2 heterocycles.